The van der Waals surface area contributed by atoms with Crippen LogP contribution in [0.4, 0.5) is 0 Å². The Morgan fingerprint density at radius 2 is 2.20 bits per heavy atom. The summed E-state index contributed by atoms with van der Waals surface area (Å²) in [5, 5.41) is 12.8. The van der Waals surface area contributed by atoms with Crippen LogP contribution in [0.5, 0.6) is 5.75 Å². The Labute approximate surface area is 121 Å². The highest BCUT2D eigenvalue weighted by Gasteiger charge is 2.12. The number of ether oxygens (including phenoxy) is 1. The Balaban J connectivity index is 2.42. The van der Waals surface area contributed by atoms with Gasteiger partial charge in [0.1, 0.15) is 5.75 Å². The van der Waals surface area contributed by atoms with Gasteiger partial charge in [-0.2, -0.15) is 0 Å². The van der Waals surface area contributed by atoms with Gasteiger partial charge >= 0.3 is 0 Å². The van der Waals surface area contributed by atoms with Gasteiger partial charge in [-0.25, -0.2) is 0 Å². The molecule has 0 aromatic heterocycles. The summed E-state index contributed by atoms with van der Waals surface area (Å²) in [6.45, 7) is 4.41. The van der Waals surface area contributed by atoms with Crippen LogP contribution in [0, 0.1) is 5.92 Å². The van der Waals surface area contributed by atoms with E-state index < -0.39 is 6.10 Å². The van der Waals surface area contributed by atoms with Crippen LogP contribution in [0.15, 0.2) is 24.3 Å². The number of aliphatic hydroxyl groups excluding tert-OH is 1. The van der Waals surface area contributed by atoms with Gasteiger partial charge in [0.05, 0.1) is 13.2 Å². The third-order valence-electron chi connectivity index (χ3n) is 3.29. The number of hydrogen-bond donors (Lipinski definition) is 2. The first-order valence-corrected chi connectivity index (χ1v) is 7.15. The summed E-state index contributed by atoms with van der Waals surface area (Å²) < 4.78 is 5.11. The number of rotatable bonds is 8. The molecule has 1 rings (SSSR count). The van der Waals surface area contributed by atoms with E-state index >= 15 is 0 Å². The molecule has 0 radical (unpaired) electrons. The zero-order valence-corrected chi connectivity index (χ0v) is 12.6. The summed E-state index contributed by atoms with van der Waals surface area (Å²) in [7, 11) is 1.59. The Hall–Kier alpha value is -1.55. The summed E-state index contributed by atoms with van der Waals surface area (Å²) in [4.78, 5) is 11.7. The van der Waals surface area contributed by atoms with Crippen LogP contribution in [-0.2, 0) is 4.79 Å². The molecule has 1 aromatic rings. The smallest absolute Gasteiger partial charge is 0.220 e. The van der Waals surface area contributed by atoms with E-state index in [-0.39, 0.29) is 12.5 Å². The first-order valence-electron chi connectivity index (χ1n) is 7.15. The molecule has 0 saturated heterocycles. The molecular formula is C16H25NO3. The van der Waals surface area contributed by atoms with Crippen molar-refractivity contribution < 1.29 is 14.6 Å². The molecule has 0 aliphatic carbocycles. The molecule has 0 heterocycles. The first kappa shape index (κ1) is 16.5. The monoisotopic (exact) mass is 279 g/mol. The Kier molecular flexibility index (Phi) is 7.09. The third-order valence-corrected chi connectivity index (χ3v) is 3.29. The molecule has 0 spiro atoms. The molecular weight excluding hydrogens is 254 g/mol. The zero-order valence-electron chi connectivity index (χ0n) is 12.6. The average Bonchev–Trinajstić information content (AvgIpc) is 2.45. The normalized spacial score (nSPS) is 13.6. The lowest BCUT2D eigenvalue weighted by Crippen LogP contribution is -2.29. The lowest BCUT2D eigenvalue weighted by Gasteiger charge is -2.14. The van der Waals surface area contributed by atoms with Crippen molar-refractivity contribution in [1.29, 1.82) is 0 Å². The quantitative estimate of drug-likeness (QED) is 0.769. The van der Waals surface area contributed by atoms with Gasteiger partial charge in [-0.05, 0) is 23.6 Å². The third kappa shape index (κ3) is 5.61. The molecule has 1 amide bonds. The van der Waals surface area contributed by atoms with Crippen molar-refractivity contribution in [1.82, 2.24) is 5.32 Å². The molecule has 0 bridgehead atoms. The lowest BCUT2D eigenvalue weighted by molar-refractivity contribution is -0.122. The highest BCUT2D eigenvalue weighted by Crippen LogP contribution is 2.18. The molecule has 20 heavy (non-hydrogen) atoms. The molecule has 2 atom stereocenters. The Morgan fingerprint density at radius 1 is 1.45 bits per heavy atom. The summed E-state index contributed by atoms with van der Waals surface area (Å²) in [6, 6.07) is 7.24. The first-order chi connectivity index (χ1) is 9.56. The number of benzene rings is 1. The van der Waals surface area contributed by atoms with Gasteiger partial charge in [0.25, 0.3) is 0 Å². The average molecular weight is 279 g/mol. The number of carbonyl (C=O) groups excluding carboxylic acids is 1. The maximum absolute atomic E-state index is 11.7. The minimum absolute atomic E-state index is 0.00658. The standard InChI is InChI=1S/C16H25NO3/c1-4-6-12(2)9-16(19)17-11-15(18)13-7-5-8-14(10-13)20-3/h5,7-8,10,12,15,18H,4,6,9,11H2,1-3H3,(H,17,19). The summed E-state index contributed by atoms with van der Waals surface area (Å²) in [5.74, 6) is 1.08. The van der Waals surface area contributed by atoms with Gasteiger partial charge in [0.15, 0.2) is 0 Å². The van der Waals surface area contributed by atoms with Gasteiger partial charge in [0, 0.05) is 13.0 Å². The van der Waals surface area contributed by atoms with Crippen molar-refractivity contribution in [3.63, 3.8) is 0 Å². The summed E-state index contributed by atoms with van der Waals surface area (Å²) in [6.07, 6.45) is 1.93. The van der Waals surface area contributed by atoms with Crippen molar-refractivity contribution in [2.75, 3.05) is 13.7 Å². The minimum Gasteiger partial charge on any atom is -0.497 e. The van der Waals surface area contributed by atoms with Crippen LogP contribution in [0.2, 0.25) is 0 Å². The van der Waals surface area contributed by atoms with Crippen LogP contribution in [0.25, 0.3) is 0 Å². The zero-order chi connectivity index (χ0) is 15.0. The van der Waals surface area contributed by atoms with E-state index in [1.807, 2.05) is 18.2 Å². The van der Waals surface area contributed by atoms with E-state index in [0.29, 0.717) is 18.1 Å². The molecule has 4 nitrogen and oxygen atoms in total. The topological polar surface area (TPSA) is 58.6 Å². The van der Waals surface area contributed by atoms with Crippen molar-refractivity contribution in [2.24, 2.45) is 5.92 Å². The van der Waals surface area contributed by atoms with E-state index in [1.54, 1.807) is 13.2 Å². The van der Waals surface area contributed by atoms with E-state index in [0.717, 1.165) is 18.4 Å². The fourth-order valence-electron chi connectivity index (χ4n) is 2.16. The lowest BCUT2D eigenvalue weighted by atomic mass is 10.0. The van der Waals surface area contributed by atoms with E-state index in [1.165, 1.54) is 0 Å². The van der Waals surface area contributed by atoms with E-state index in [2.05, 4.69) is 19.2 Å². The van der Waals surface area contributed by atoms with Gasteiger partial charge in [0.2, 0.25) is 5.91 Å². The van der Waals surface area contributed by atoms with Crippen molar-refractivity contribution in [3.05, 3.63) is 29.8 Å². The minimum atomic E-state index is -0.712. The molecule has 4 heteroatoms. The van der Waals surface area contributed by atoms with Gasteiger partial charge < -0.3 is 15.2 Å². The molecule has 2 N–H and O–H groups in total. The van der Waals surface area contributed by atoms with E-state index in [9.17, 15) is 9.90 Å². The van der Waals surface area contributed by atoms with Crippen LogP contribution >= 0.6 is 0 Å². The van der Waals surface area contributed by atoms with Crippen LogP contribution in [-0.4, -0.2) is 24.7 Å². The van der Waals surface area contributed by atoms with Crippen LogP contribution in [0.1, 0.15) is 44.8 Å². The maximum atomic E-state index is 11.7. The van der Waals surface area contributed by atoms with Crippen molar-refractivity contribution >= 4 is 5.91 Å². The number of methoxy groups -OCH3 is 1. The van der Waals surface area contributed by atoms with Crippen LogP contribution < -0.4 is 10.1 Å². The van der Waals surface area contributed by atoms with Crippen molar-refractivity contribution in [3.8, 4) is 5.75 Å². The largest absolute Gasteiger partial charge is 0.497 e. The predicted molar refractivity (Wildman–Crippen MR) is 79.7 cm³/mol. The highest BCUT2D eigenvalue weighted by atomic mass is 16.5. The number of carbonyl (C=O) groups is 1. The molecule has 112 valence electrons. The van der Waals surface area contributed by atoms with Crippen molar-refractivity contribution in [2.45, 2.75) is 39.2 Å². The molecule has 1 aromatic carbocycles. The summed E-state index contributed by atoms with van der Waals surface area (Å²) >= 11 is 0. The number of aliphatic hydroxyl groups is 1. The van der Waals surface area contributed by atoms with Gasteiger partial charge in [-0.1, -0.05) is 38.8 Å². The van der Waals surface area contributed by atoms with Crippen LogP contribution in [0.3, 0.4) is 0 Å². The highest BCUT2D eigenvalue weighted by molar-refractivity contribution is 5.76. The molecule has 0 aliphatic rings. The van der Waals surface area contributed by atoms with Gasteiger partial charge in [-0.15, -0.1) is 0 Å². The Bertz CT molecular complexity index is 420. The fraction of sp³-hybridized carbons (Fsp3) is 0.562. The second-order valence-corrected chi connectivity index (χ2v) is 5.19. The number of hydrogen-bond acceptors (Lipinski definition) is 3. The Morgan fingerprint density at radius 3 is 2.85 bits per heavy atom. The van der Waals surface area contributed by atoms with Gasteiger partial charge in [-0.3, -0.25) is 4.79 Å². The molecule has 0 aliphatic heterocycles. The fourth-order valence-corrected chi connectivity index (χ4v) is 2.16. The summed E-state index contributed by atoms with van der Waals surface area (Å²) in [5.41, 5.74) is 0.742. The van der Waals surface area contributed by atoms with E-state index in [4.69, 9.17) is 4.74 Å². The molecule has 2 unspecified atom stereocenters. The SMILES string of the molecule is CCCC(C)CC(=O)NCC(O)c1cccc(OC)c1. The second kappa shape index (κ2) is 8.59. The predicted octanol–water partition coefficient (Wildman–Crippen LogP) is 2.67. The number of nitrogens with one attached hydrogen (secondary N) is 1. The molecule has 0 saturated carbocycles. The maximum Gasteiger partial charge on any atom is 0.220 e. The second-order valence-electron chi connectivity index (χ2n) is 5.19. The number of amides is 1. The molecule has 0 fully saturated rings.